The Hall–Kier alpha value is -2.69. The highest BCUT2D eigenvalue weighted by Gasteiger charge is 2.20. The minimum atomic E-state index is -0.275. The third-order valence-electron chi connectivity index (χ3n) is 3.17. The Morgan fingerprint density at radius 1 is 1.05 bits per heavy atom. The predicted molar refractivity (Wildman–Crippen MR) is 86.3 cm³/mol. The summed E-state index contributed by atoms with van der Waals surface area (Å²) >= 11 is 0. The second kappa shape index (κ2) is 6.85. The third-order valence-corrected chi connectivity index (χ3v) is 3.17. The zero-order valence-electron chi connectivity index (χ0n) is 12.9. The molecule has 5 nitrogen and oxygen atoms in total. The van der Waals surface area contributed by atoms with E-state index in [1.807, 2.05) is 26.0 Å². The van der Waals surface area contributed by atoms with Crippen LogP contribution in [-0.2, 0) is 0 Å². The van der Waals surface area contributed by atoms with Gasteiger partial charge in [-0.3, -0.25) is 14.6 Å². The van der Waals surface area contributed by atoms with Crippen molar-refractivity contribution < 1.29 is 9.59 Å². The van der Waals surface area contributed by atoms with Crippen LogP contribution >= 0.6 is 0 Å². The van der Waals surface area contributed by atoms with Crippen molar-refractivity contribution in [1.82, 2.24) is 10.3 Å². The van der Waals surface area contributed by atoms with Crippen molar-refractivity contribution in [3.8, 4) is 0 Å². The van der Waals surface area contributed by atoms with Crippen LogP contribution in [0, 0.1) is 0 Å². The topological polar surface area (TPSA) is 71.1 Å². The van der Waals surface area contributed by atoms with E-state index in [9.17, 15) is 9.59 Å². The molecule has 0 aliphatic carbocycles. The second-order valence-corrected chi connectivity index (χ2v) is 5.17. The Morgan fingerprint density at radius 2 is 1.77 bits per heavy atom. The summed E-state index contributed by atoms with van der Waals surface area (Å²) in [6, 6.07) is 8.74. The molecule has 2 N–H and O–H groups in total. The number of amides is 1. The zero-order valence-corrected chi connectivity index (χ0v) is 12.9. The highest BCUT2D eigenvalue weighted by Crippen LogP contribution is 2.20. The van der Waals surface area contributed by atoms with Crippen LogP contribution in [0.25, 0.3) is 0 Å². The average Bonchev–Trinajstić information content (AvgIpc) is 2.53. The third kappa shape index (κ3) is 3.31. The van der Waals surface area contributed by atoms with Crippen LogP contribution in [0.15, 0.2) is 42.7 Å². The SMILES string of the molecule is CNc1ccccc1C(=O)c1cnccc1C(=O)NC(C)C. The first-order chi connectivity index (χ1) is 10.5. The Kier molecular flexibility index (Phi) is 4.88. The second-order valence-electron chi connectivity index (χ2n) is 5.17. The molecule has 1 amide bonds. The zero-order chi connectivity index (χ0) is 16.1. The van der Waals surface area contributed by atoms with Crippen molar-refractivity contribution in [1.29, 1.82) is 0 Å². The molecule has 0 unspecified atom stereocenters. The van der Waals surface area contributed by atoms with Gasteiger partial charge in [0.25, 0.3) is 5.91 Å². The minimum Gasteiger partial charge on any atom is -0.388 e. The number of anilines is 1. The van der Waals surface area contributed by atoms with Crippen LogP contribution in [0.1, 0.15) is 40.1 Å². The molecule has 0 fully saturated rings. The highest BCUT2D eigenvalue weighted by atomic mass is 16.2. The van der Waals surface area contributed by atoms with Gasteiger partial charge in [-0.1, -0.05) is 12.1 Å². The Morgan fingerprint density at radius 3 is 2.45 bits per heavy atom. The number of carbonyl (C=O) groups is 2. The van der Waals surface area contributed by atoms with Crippen LogP contribution in [0.4, 0.5) is 5.69 Å². The number of benzene rings is 1. The molecule has 2 rings (SSSR count). The lowest BCUT2D eigenvalue weighted by atomic mass is 9.98. The normalized spacial score (nSPS) is 10.4. The maximum atomic E-state index is 12.8. The lowest BCUT2D eigenvalue weighted by molar-refractivity contribution is 0.0932. The van der Waals surface area contributed by atoms with Crippen LogP contribution in [0.5, 0.6) is 0 Å². The molecule has 0 spiro atoms. The minimum absolute atomic E-state index is 0.00629. The van der Waals surface area contributed by atoms with Crippen molar-refractivity contribution in [3.05, 3.63) is 59.4 Å². The molecule has 0 radical (unpaired) electrons. The van der Waals surface area contributed by atoms with E-state index < -0.39 is 0 Å². The molecular weight excluding hydrogens is 278 g/mol. The van der Waals surface area contributed by atoms with Crippen LogP contribution in [0.3, 0.4) is 0 Å². The number of ketones is 1. The average molecular weight is 297 g/mol. The van der Waals surface area contributed by atoms with Gasteiger partial charge < -0.3 is 10.6 Å². The fraction of sp³-hybridized carbons (Fsp3) is 0.235. The molecular formula is C17H19N3O2. The van der Waals surface area contributed by atoms with Gasteiger partial charge in [0.05, 0.1) is 11.1 Å². The van der Waals surface area contributed by atoms with E-state index in [0.717, 1.165) is 0 Å². The van der Waals surface area contributed by atoms with E-state index in [-0.39, 0.29) is 17.7 Å². The quantitative estimate of drug-likeness (QED) is 0.832. The van der Waals surface area contributed by atoms with Gasteiger partial charge in [0.2, 0.25) is 0 Å². The molecule has 1 aromatic carbocycles. The number of para-hydroxylation sites is 1. The Labute approximate surface area is 129 Å². The standard InChI is InChI=1S/C17H19N3O2/c1-11(2)20-17(22)12-8-9-19-10-14(12)16(21)13-6-4-5-7-15(13)18-3/h4-11,18H,1-3H3,(H,20,22). The van der Waals surface area contributed by atoms with Crippen LogP contribution in [0.2, 0.25) is 0 Å². The van der Waals surface area contributed by atoms with Crippen molar-refractivity contribution in [2.24, 2.45) is 0 Å². The largest absolute Gasteiger partial charge is 0.388 e. The summed E-state index contributed by atoms with van der Waals surface area (Å²) in [7, 11) is 1.75. The Bertz CT molecular complexity index is 696. The maximum absolute atomic E-state index is 12.8. The smallest absolute Gasteiger partial charge is 0.252 e. The molecule has 5 heteroatoms. The summed E-state index contributed by atoms with van der Waals surface area (Å²) in [6.45, 7) is 3.74. The summed E-state index contributed by atoms with van der Waals surface area (Å²) in [5.74, 6) is -0.505. The van der Waals surface area contributed by atoms with E-state index >= 15 is 0 Å². The number of rotatable bonds is 5. The molecule has 0 atom stereocenters. The number of hydrogen-bond acceptors (Lipinski definition) is 4. The van der Waals surface area contributed by atoms with Crippen molar-refractivity contribution in [2.45, 2.75) is 19.9 Å². The van der Waals surface area contributed by atoms with E-state index in [0.29, 0.717) is 22.4 Å². The van der Waals surface area contributed by atoms with Gasteiger partial charge in [-0.05, 0) is 32.0 Å². The molecule has 0 bridgehead atoms. The van der Waals surface area contributed by atoms with Crippen LogP contribution < -0.4 is 10.6 Å². The molecule has 2 aromatic rings. The van der Waals surface area contributed by atoms with E-state index in [1.54, 1.807) is 25.2 Å². The fourth-order valence-corrected chi connectivity index (χ4v) is 2.16. The van der Waals surface area contributed by atoms with Gasteiger partial charge in [0, 0.05) is 36.7 Å². The predicted octanol–water partition coefficient (Wildman–Crippen LogP) is 2.49. The van der Waals surface area contributed by atoms with Gasteiger partial charge in [-0.25, -0.2) is 0 Å². The molecule has 22 heavy (non-hydrogen) atoms. The van der Waals surface area contributed by atoms with Gasteiger partial charge in [0.1, 0.15) is 0 Å². The first-order valence-electron chi connectivity index (χ1n) is 7.11. The molecule has 114 valence electrons. The summed E-state index contributed by atoms with van der Waals surface area (Å²) < 4.78 is 0. The highest BCUT2D eigenvalue weighted by molar-refractivity contribution is 6.17. The number of nitrogens with one attached hydrogen (secondary N) is 2. The van der Waals surface area contributed by atoms with Gasteiger partial charge in [-0.2, -0.15) is 0 Å². The van der Waals surface area contributed by atoms with E-state index in [4.69, 9.17) is 0 Å². The first kappa shape index (κ1) is 15.7. The molecule has 0 aliphatic rings. The van der Waals surface area contributed by atoms with Crippen molar-refractivity contribution >= 4 is 17.4 Å². The van der Waals surface area contributed by atoms with Crippen LogP contribution in [-0.4, -0.2) is 29.8 Å². The number of carbonyl (C=O) groups excluding carboxylic acids is 2. The summed E-state index contributed by atoms with van der Waals surface area (Å²) in [5.41, 5.74) is 1.85. The summed E-state index contributed by atoms with van der Waals surface area (Å²) in [6.07, 6.45) is 2.94. The summed E-state index contributed by atoms with van der Waals surface area (Å²) in [5, 5.41) is 5.79. The Balaban J connectivity index is 2.44. The number of nitrogens with zero attached hydrogens (tertiary/aromatic N) is 1. The molecule has 1 heterocycles. The van der Waals surface area contributed by atoms with Gasteiger partial charge in [0.15, 0.2) is 5.78 Å². The first-order valence-corrected chi connectivity index (χ1v) is 7.11. The maximum Gasteiger partial charge on any atom is 0.252 e. The molecule has 0 saturated carbocycles. The lowest BCUT2D eigenvalue weighted by Gasteiger charge is -2.13. The van der Waals surface area contributed by atoms with E-state index in [1.165, 1.54) is 12.4 Å². The van der Waals surface area contributed by atoms with Crippen molar-refractivity contribution in [2.75, 3.05) is 12.4 Å². The number of hydrogen-bond donors (Lipinski definition) is 2. The molecule has 0 saturated heterocycles. The van der Waals surface area contributed by atoms with Crippen molar-refractivity contribution in [3.63, 3.8) is 0 Å². The molecule has 1 aromatic heterocycles. The molecule has 0 aliphatic heterocycles. The number of aromatic nitrogens is 1. The van der Waals surface area contributed by atoms with E-state index in [2.05, 4.69) is 15.6 Å². The summed E-state index contributed by atoms with van der Waals surface area (Å²) in [4.78, 5) is 29.0. The fourth-order valence-electron chi connectivity index (χ4n) is 2.16. The van der Waals surface area contributed by atoms with Gasteiger partial charge in [-0.15, -0.1) is 0 Å². The van der Waals surface area contributed by atoms with Gasteiger partial charge >= 0.3 is 0 Å². The monoisotopic (exact) mass is 297 g/mol. The number of pyridine rings is 1. The lowest BCUT2D eigenvalue weighted by Crippen LogP contribution is -2.31.